The molecule has 0 aliphatic rings. The van der Waals surface area contributed by atoms with Gasteiger partial charge in [0.25, 0.3) is 0 Å². The van der Waals surface area contributed by atoms with Crippen molar-refractivity contribution in [3.05, 3.63) is 20.8 Å². The summed E-state index contributed by atoms with van der Waals surface area (Å²) in [6.45, 7) is 13.0. The van der Waals surface area contributed by atoms with Crippen LogP contribution in [0.5, 0.6) is 0 Å². The second-order valence-corrected chi connectivity index (χ2v) is 8.61. The van der Waals surface area contributed by atoms with E-state index in [1.54, 1.807) is 11.3 Å². The van der Waals surface area contributed by atoms with Crippen molar-refractivity contribution in [2.75, 3.05) is 0 Å². The van der Waals surface area contributed by atoms with Crippen molar-refractivity contribution >= 4 is 27.3 Å². The Hall–Kier alpha value is 0.140. The number of hydrogen-bond donors (Lipinski definition) is 0. The van der Waals surface area contributed by atoms with Gasteiger partial charge in [-0.05, 0) is 54.2 Å². The number of hydrogen-bond acceptors (Lipinski definition) is 2. The summed E-state index contributed by atoms with van der Waals surface area (Å²) in [5.41, 5.74) is -0.00795. The molecule has 1 rings (SSSR count). The van der Waals surface area contributed by atoms with Crippen molar-refractivity contribution < 1.29 is 4.74 Å². The molecule has 0 fully saturated rings. The fraction of sp³-hybridized carbons (Fsp3) is 0.692. The molecule has 1 nitrogen and oxygen atoms in total. The maximum Gasteiger partial charge on any atom is 0.0972 e. The van der Waals surface area contributed by atoms with E-state index in [2.05, 4.69) is 69.6 Å². The van der Waals surface area contributed by atoms with Gasteiger partial charge in [0.1, 0.15) is 0 Å². The molecular formula is C13H21BrOS. The first-order chi connectivity index (χ1) is 7.09. The van der Waals surface area contributed by atoms with Gasteiger partial charge in [-0.1, -0.05) is 20.8 Å². The molecule has 0 N–H and O–H groups in total. The maximum absolute atomic E-state index is 6.19. The molecule has 0 amide bonds. The molecule has 1 atom stereocenters. The molecule has 16 heavy (non-hydrogen) atoms. The molecule has 1 heterocycles. The van der Waals surface area contributed by atoms with E-state index in [1.807, 2.05) is 0 Å². The Morgan fingerprint density at radius 3 is 2.00 bits per heavy atom. The predicted molar refractivity (Wildman–Crippen MR) is 75.1 cm³/mol. The van der Waals surface area contributed by atoms with Crippen molar-refractivity contribution in [1.82, 2.24) is 0 Å². The lowest BCUT2D eigenvalue weighted by Crippen LogP contribution is -2.29. The molecular weight excluding hydrogens is 284 g/mol. The third-order valence-corrected chi connectivity index (χ3v) is 3.78. The van der Waals surface area contributed by atoms with Crippen LogP contribution in [0.1, 0.15) is 52.5 Å². The molecule has 0 radical (unpaired) electrons. The first-order valence-electron chi connectivity index (χ1n) is 5.53. The van der Waals surface area contributed by atoms with E-state index in [0.717, 1.165) is 3.79 Å². The molecule has 0 aliphatic heterocycles. The molecule has 1 aromatic rings. The average molecular weight is 305 g/mol. The number of ether oxygens (including phenoxy) is 1. The topological polar surface area (TPSA) is 9.23 Å². The summed E-state index contributed by atoms with van der Waals surface area (Å²) in [6, 6.07) is 4.24. The van der Waals surface area contributed by atoms with Gasteiger partial charge in [-0.2, -0.15) is 0 Å². The monoisotopic (exact) mass is 304 g/mol. The van der Waals surface area contributed by atoms with Gasteiger partial charge in [0, 0.05) is 4.88 Å². The molecule has 0 saturated carbocycles. The van der Waals surface area contributed by atoms with Crippen LogP contribution in [0.4, 0.5) is 0 Å². The standard InChI is InChI=1S/C13H21BrOS/c1-12(2,3)11(15-13(4,5)6)9-7-8-10(14)16-9/h7-8,11H,1-6H3. The third kappa shape index (κ3) is 4.19. The van der Waals surface area contributed by atoms with E-state index in [9.17, 15) is 0 Å². The lowest BCUT2D eigenvalue weighted by atomic mass is 9.87. The summed E-state index contributed by atoms with van der Waals surface area (Å²) in [5.74, 6) is 0. The quantitative estimate of drug-likeness (QED) is 0.709. The van der Waals surface area contributed by atoms with Crippen LogP contribution in [0, 0.1) is 5.41 Å². The van der Waals surface area contributed by atoms with Crippen LogP contribution in [-0.4, -0.2) is 5.60 Å². The van der Waals surface area contributed by atoms with Crippen LogP contribution in [0.25, 0.3) is 0 Å². The normalized spacial score (nSPS) is 15.2. The van der Waals surface area contributed by atoms with Gasteiger partial charge in [0.05, 0.1) is 15.5 Å². The van der Waals surface area contributed by atoms with Gasteiger partial charge < -0.3 is 4.74 Å². The van der Waals surface area contributed by atoms with Gasteiger partial charge >= 0.3 is 0 Å². The van der Waals surface area contributed by atoms with E-state index in [4.69, 9.17) is 4.74 Å². The molecule has 0 spiro atoms. The molecule has 1 unspecified atom stereocenters. The van der Waals surface area contributed by atoms with Crippen LogP contribution < -0.4 is 0 Å². The van der Waals surface area contributed by atoms with E-state index in [0.29, 0.717) is 0 Å². The molecule has 0 bridgehead atoms. The minimum atomic E-state index is -0.117. The first-order valence-corrected chi connectivity index (χ1v) is 7.13. The Kier molecular flexibility index (Phi) is 4.25. The molecule has 0 aliphatic carbocycles. The summed E-state index contributed by atoms with van der Waals surface area (Å²) in [5, 5.41) is 0. The fourth-order valence-corrected chi connectivity index (χ4v) is 3.18. The van der Waals surface area contributed by atoms with E-state index in [-0.39, 0.29) is 17.1 Å². The SMILES string of the molecule is CC(C)(C)OC(c1ccc(Br)s1)C(C)(C)C. The molecule has 92 valence electrons. The Bertz CT molecular complexity index is 344. The summed E-state index contributed by atoms with van der Waals surface area (Å²) in [4.78, 5) is 1.29. The lowest BCUT2D eigenvalue weighted by Gasteiger charge is -2.35. The predicted octanol–water partition coefficient (Wildman–Crippen LogP) is 5.41. The molecule has 0 saturated heterocycles. The van der Waals surface area contributed by atoms with Gasteiger partial charge in [0.2, 0.25) is 0 Å². The Labute approximate surface area is 111 Å². The lowest BCUT2D eigenvalue weighted by molar-refractivity contribution is -0.106. The van der Waals surface area contributed by atoms with Crippen LogP contribution in [-0.2, 0) is 4.74 Å². The second kappa shape index (κ2) is 4.79. The fourth-order valence-electron chi connectivity index (χ4n) is 1.48. The van der Waals surface area contributed by atoms with E-state index >= 15 is 0 Å². The zero-order valence-corrected chi connectivity index (χ0v) is 13.3. The number of rotatable bonds is 2. The Balaban J connectivity index is 2.98. The van der Waals surface area contributed by atoms with Gasteiger partial charge in [-0.15, -0.1) is 11.3 Å². The summed E-state index contributed by atoms with van der Waals surface area (Å²) in [7, 11) is 0. The molecule has 3 heteroatoms. The molecule has 0 aromatic carbocycles. The van der Waals surface area contributed by atoms with E-state index in [1.165, 1.54) is 4.88 Å². The molecule has 1 aromatic heterocycles. The van der Waals surface area contributed by atoms with Crippen LogP contribution in [0.2, 0.25) is 0 Å². The largest absolute Gasteiger partial charge is 0.367 e. The second-order valence-electron chi connectivity index (χ2n) is 6.12. The highest BCUT2D eigenvalue weighted by Gasteiger charge is 2.32. The smallest absolute Gasteiger partial charge is 0.0972 e. The maximum atomic E-state index is 6.19. The number of halogens is 1. The zero-order chi connectivity index (χ0) is 12.6. The Morgan fingerprint density at radius 1 is 1.12 bits per heavy atom. The van der Waals surface area contributed by atoms with Crippen molar-refractivity contribution in [1.29, 1.82) is 0 Å². The van der Waals surface area contributed by atoms with Crippen LogP contribution in [0.3, 0.4) is 0 Å². The average Bonchev–Trinajstić information content (AvgIpc) is 2.43. The third-order valence-electron chi connectivity index (χ3n) is 2.11. The zero-order valence-electron chi connectivity index (χ0n) is 10.9. The summed E-state index contributed by atoms with van der Waals surface area (Å²) >= 11 is 5.26. The summed E-state index contributed by atoms with van der Waals surface area (Å²) < 4.78 is 7.35. The minimum absolute atomic E-state index is 0.109. The van der Waals surface area contributed by atoms with Crippen LogP contribution in [0.15, 0.2) is 15.9 Å². The van der Waals surface area contributed by atoms with Gasteiger partial charge in [-0.3, -0.25) is 0 Å². The van der Waals surface area contributed by atoms with Crippen molar-refractivity contribution in [2.24, 2.45) is 5.41 Å². The summed E-state index contributed by atoms with van der Waals surface area (Å²) in [6.07, 6.45) is 0.142. The van der Waals surface area contributed by atoms with E-state index < -0.39 is 0 Å². The van der Waals surface area contributed by atoms with Crippen molar-refractivity contribution in [3.8, 4) is 0 Å². The number of thiophene rings is 1. The highest BCUT2D eigenvalue weighted by molar-refractivity contribution is 9.11. The Morgan fingerprint density at radius 2 is 1.69 bits per heavy atom. The minimum Gasteiger partial charge on any atom is -0.367 e. The van der Waals surface area contributed by atoms with Crippen molar-refractivity contribution in [3.63, 3.8) is 0 Å². The highest BCUT2D eigenvalue weighted by atomic mass is 79.9. The van der Waals surface area contributed by atoms with Crippen LogP contribution >= 0.6 is 27.3 Å². The van der Waals surface area contributed by atoms with Gasteiger partial charge in [-0.25, -0.2) is 0 Å². The first kappa shape index (κ1) is 14.2. The van der Waals surface area contributed by atoms with Gasteiger partial charge in [0.15, 0.2) is 0 Å². The highest BCUT2D eigenvalue weighted by Crippen LogP contribution is 2.42. The van der Waals surface area contributed by atoms with Crippen molar-refractivity contribution in [2.45, 2.75) is 53.2 Å².